The van der Waals surface area contributed by atoms with Crippen molar-refractivity contribution >= 4 is 40.0 Å². The molecule has 1 aliphatic rings. The summed E-state index contributed by atoms with van der Waals surface area (Å²) < 4.78 is 0. The molecule has 0 unspecified atom stereocenters. The van der Waals surface area contributed by atoms with E-state index in [9.17, 15) is 4.79 Å². The summed E-state index contributed by atoms with van der Waals surface area (Å²) in [4.78, 5) is 15.4. The van der Waals surface area contributed by atoms with Gasteiger partial charge in [-0.25, -0.2) is 0 Å². The van der Waals surface area contributed by atoms with Crippen LogP contribution in [0, 0.1) is 6.92 Å². The van der Waals surface area contributed by atoms with Crippen LogP contribution in [0.1, 0.15) is 11.1 Å². The van der Waals surface area contributed by atoms with E-state index in [1.807, 2.05) is 31.2 Å². The molecule has 3 rings (SSSR count). The molecular formula is C14H12N4OS. The van der Waals surface area contributed by atoms with Gasteiger partial charge in [-0.2, -0.15) is 5.10 Å². The number of benzene rings is 1. The molecule has 2 heterocycles. The number of fused-ring (bicyclic) bond motifs is 1. The van der Waals surface area contributed by atoms with E-state index in [-0.39, 0.29) is 5.91 Å². The Hall–Kier alpha value is -2.21. The van der Waals surface area contributed by atoms with Gasteiger partial charge in [-0.1, -0.05) is 23.9 Å². The first-order valence-corrected chi connectivity index (χ1v) is 7.10. The summed E-state index contributed by atoms with van der Waals surface area (Å²) in [5.74, 6) is 0.375. The van der Waals surface area contributed by atoms with Gasteiger partial charge in [0, 0.05) is 17.1 Å². The van der Waals surface area contributed by atoms with E-state index < -0.39 is 0 Å². The monoisotopic (exact) mass is 284 g/mol. The molecule has 0 saturated carbocycles. The Morgan fingerprint density at radius 3 is 3.10 bits per heavy atom. The lowest BCUT2D eigenvalue weighted by molar-refractivity contribution is -0.116. The third-order valence-corrected chi connectivity index (χ3v) is 3.83. The number of nitrogens with one attached hydrogen (secondary N) is 1. The topological polar surface area (TPSA) is 66.7 Å². The normalized spacial score (nSPS) is 17.2. The predicted molar refractivity (Wildman–Crippen MR) is 82.1 cm³/mol. The zero-order valence-electron chi connectivity index (χ0n) is 10.8. The van der Waals surface area contributed by atoms with E-state index >= 15 is 0 Å². The van der Waals surface area contributed by atoms with Crippen molar-refractivity contribution in [1.82, 2.24) is 10.3 Å². The summed E-state index contributed by atoms with van der Waals surface area (Å²) in [6.07, 6.45) is 3.47. The van der Waals surface area contributed by atoms with Crippen LogP contribution in [0.4, 0.5) is 0 Å². The number of pyridine rings is 1. The summed E-state index contributed by atoms with van der Waals surface area (Å²) in [5, 5.41) is 12.3. The van der Waals surface area contributed by atoms with Crippen molar-refractivity contribution in [2.24, 2.45) is 10.2 Å². The molecule has 1 N–H and O–H groups in total. The van der Waals surface area contributed by atoms with Gasteiger partial charge < -0.3 is 5.32 Å². The van der Waals surface area contributed by atoms with Gasteiger partial charge in [0.2, 0.25) is 5.91 Å². The quantitative estimate of drug-likeness (QED) is 0.678. The van der Waals surface area contributed by atoms with E-state index in [1.54, 1.807) is 12.4 Å². The fourth-order valence-electron chi connectivity index (χ4n) is 1.97. The lowest BCUT2D eigenvalue weighted by atomic mass is 10.0. The SMILES string of the molecule is Cc1ccc2ncccc2c1C=NN=C1NC(=O)CS1. The summed E-state index contributed by atoms with van der Waals surface area (Å²) in [5.41, 5.74) is 3.03. The van der Waals surface area contributed by atoms with Gasteiger partial charge in [0.05, 0.1) is 17.5 Å². The standard InChI is InChI=1S/C14H12N4OS/c1-9-4-5-12-10(3-2-6-15-12)11(9)7-16-18-14-17-13(19)8-20-14/h2-7H,8H2,1H3,(H,17,18,19). The molecule has 0 spiro atoms. The number of hydrogen-bond donors (Lipinski definition) is 1. The molecule has 1 fully saturated rings. The fraction of sp³-hybridized carbons (Fsp3) is 0.143. The van der Waals surface area contributed by atoms with Crippen molar-refractivity contribution < 1.29 is 4.79 Å². The van der Waals surface area contributed by atoms with Crippen molar-refractivity contribution in [1.29, 1.82) is 0 Å². The molecule has 0 atom stereocenters. The van der Waals surface area contributed by atoms with Gasteiger partial charge in [-0.15, -0.1) is 5.10 Å². The van der Waals surface area contributed by atoms with Crippen molar-refractivity contribution in [3.63, 3.8) is 0 Å². The molecule has 0 bridgehead atoms. The van der Waals surface area contributed by atoms with E-state index in [0.29, 0.717) is 10.9 Å². The number of hydrogen-bond acceptors (Lipinski definition) is 5. The number of aromatic nitrogens is 1. The molecule has 100 valence electrons. The van der Waals surface area contributed by atoms with Gasteiger partial charge >= 0.3 is 0 Å². The van der Waals surface area contributed by atoms with Crippen LogP contribution in [0.15, 0.2) is 40.7 Å². The maximum Gasteiger partial charge on any atom is 0.236 e. The number of amides is 1. The smallest absolute Gasteiger partial charge is 0.236 e. The van der Waals surface area contributed by atoms with Crippen LogP contribution < -0.4 is 5.32 Å². The highest BCUT2D eigenvalue weighted by molar-refractivity contribution is 8.15. The van der Waals surface area contributed by atoms with Crippen LogP contribution in [0.3, 0.4) is 0 Å². The minimum absolute atomic E-state index is 0.0329. The number of rotatable bonds is 2. The van der Waals surface area contributed by atoms with Gasteiger partial charge in [0.25, 0.3) is 0 Å². The maximum absolute atomic E-state index is 11.0. The molecule has 6 heteroatoms. The van der Waals surface area contributed by atoms with Crippen LogP contribution >= 0.6 is 11.8 Å². The Morgan fingerprint density at radius 2 is 2.30 bits per heavy atom. The lowest BCUT2D eigenvalue weighted by Crippen LogP contribution is -2.19. The van der Waals surface area contributed by atoms with Gasteiger partial charge in [-0.05, 0) is 24.6 Å². The van der Waals surface area contributed by atoms with Crippen LogP contribution in [-0.2, 0) is 4.79 Å². The molecular weight excluding hydrogens is 272 g/mol. The molecule has 1 saturated heterocycles. The minimum Gasteiger partial charge on any atom is -0.303 e. The second kappa shape index (κ2) is 5.42. The van der Waals surface area contributed by atoms with Crippen LogP contribution in [0.5, 0.6) is 0 Å². The van der Waals surface area contributed by atoms with Crippen molar-refractivity contribution in [3.05, 3.63) is 41.6 Å². The van der Waals surface area contributed by atoms with Gasteiger partial charge in [0.15, 0.2) is 5.17 Å². The number of nitrogens with zero attached hydrogens (tertiary/aromatic N) is 3. The molecule has 2 aromatic rings. The molecule has 1 aliphatic heterocycles. The minimum atomic E-state index is -0.0329. The molecule has 5 nitrogen and oxygen atoms in total. The Kier molecular flexibility index (Phi) is 3.47. The third-order valence-electron chi connectivity index (χ3n) is 2.97. The number of thioether (sulfide) groups is 1. The highest BCUT2D eigenvalue weighted by Gasteiger charge is 2.15. The Bertz CT molecular complexity index is 739. The largest absolute Gasteiger partial charge is 0.303 e. The Morgan fingerprint density at radius 1 is 1.40 bits per heavy atom. The molecule has 0 aliphatic carbocycles. The zero-order valence-corrected chi connectivity index (χ0v) is 11.6. The predicted octanol–water partition coefficient (Wildman–Crippen LogP) is 2.10. The lowest BCUT2D eigenvalue weighted by Gasteiger charge is -2.04. The first-order chi connectivity index (χ1) is 9.74. The second-order valence-corrected chi connectivity index (χ2v) is 5.32. The second-order valence-electron chi connectivity index (χ2n) is 4.35. The van der Waals surface area contributed by atoms with Crippen molar-refractivity contribution in [2.75, 3.05) is 5.75 Å². The van der Waals surface area contributed by atoms with Crippen molar-refractivity contribution in [2.45, 2.75) is 6.92 Å². The van der Waals surface area contributed by atoms with Crippen molar-refractivity contribution in [3.8, 4) is 0 Å². The third kappa shape index (κ3) is 2.55. The van der Waals surface area contributed by atoms with E-state index in [0.717, 1.165) is 22.0 Å². The Balaban J connectivity index is 1.94. The average molecular weight is 284 g/mol. The molecule has 1 aromatic carbocycles. The number of carbonyl (C=O) groups excluding carboxylic acids is 1. The van der Waals surface area contributed by atoms with E-state index in [1.165, 1.54) is 11.8 Å². The number of aryl methyl sites for hydroxylation is 1. The van der Waals surface area contributed by atoms with Gasteiger partial charge in [-0.3, -0.25) is 9.78 Å². The summed E-state index contributed by atoms with van der Waals surface area (Å²) in [6.45, 7) is 2.02. The van der Waals surface area contributed by atoms with E-state index in [4.69, 9.17) is 0 Å². The first-order valence-electron chi connectivity index (χ1n) is 6.12. The maximum atomic E-state index is 11.0. The molecule has 20 heavy (non-hydrogen) atoms. The zero-order chi connectivity index (χ0) is 13.9. The van der Waals surface area contributed by atoms with Crippen LogP contribution in [0.2, 0.25) is 0 Å². The molecule has 1 aromatic heterocycles. The van der Waals surface area contributed by atoms with Gasteiger partial charge in [0.1, 0.15) is 0 Å². The molecule has 1 amide bonds. The summed E-state index contributed by atoms with van der Waals surface area (Å²) >= 11 is 1.36. The van der Waals surface area contributed by atoms with Crippen LogP contribution in [-0.4, -0.2) is 28.0 Å². The number of amidine groups is 1. The first kappa shape index (κ1) is 12.8. The summed E-state index contributed by atoms with van der Waals surface area (Å²) in [6, 6.07) is 7.91. The summed E-state index contributed by atoms with van der Waals surface area (Å²) in [7, 11) is 0. The fourth-order valence-corrected chi connectivity index (χ4v) is 2.60. The average Bonchev–Trinajstić information content (AvgIpc) is 2.87. The number of carbonyl (C=O) groups is 1. The van der Waals surface area contributed by atoms with Crippen LogP contribution in [0.25, 0.3) is 10.9 Å². The van der Waals surface area contributed by atoms with E-state index in [2.05, 4.69) is 20.5 Å². The highest BCUT2D eigenvalue weighted by atomic mass is 32.2. The highest BCUT2D eigenvalue weighted by Crippen LogP contribution is 2.19. The Labute approximate surface area is 120 Å². The molecule has 0 radical (unpaired) electrons.